The van der Waals surface area contributed by atoms with Crippen molar-refractivity contribution in [2.75, 3.05) is 18.4 Å². The van der Waals surface area contributed by atoms with Crippen LogP contribution >= 0.6 is 11.3 Å². The number of benzene rings is 2. The van der Waals surface area contributed by atoms with Gasteiger partial charge in [0.05, 0.1) is 15.1 Å². The molecule has 3 aromatic rings. The first-order valence-corrected chi connectivity index (χ1v) is 11.7. The molecule has 0 aliphatic carbocycles. The third kappa shape index (κ3) is 4.31. The molecule has 9 nitrogen and oxygen atoms in total. The number of nitrogens with one attached hydrogen (secondary N) is 1. The number of carbonyl (C=O) groups excluding carboxylic acids is 1. The number of piperidine rings is 1. The van der Waals surface area contributed by atoms with Gasteiger partial charge in [0.25, 0.3) is 5.69 Å². The lowest BCUT2D eigenvalue weighted by Gasteiger charge is -2.30. The Labute approximate surface area is 184 Å². The number of nitro benzene ring substituents is 1. The average molecular weight is 482 g/mol. The maximum Gasteiger partial charge on any atom is 0.270 e. The Kier molecular flexibility index (Phi) is 5.88. The van der Waals surface area contributed by atoms with Gasteiger partial charge in [0.15, 0.2) is 5.13 Å². The number of fused-ring (bicyclic) bond motifs is 1. The molecule has 1 saturated heterocycles. The van der Waals surface area contributed by atoms with Gasteiger partial charge in [-0.25, -0.2) is 22.2 Å². The van der Waals surface area contributed by atoms with Crippen molar-refractivity contribution in [1.82, 2.24) is 9.29 Å². The fourth-order valence-corrected chi connectivity index (χ4v) is 5.89. The van der Waals surface area contributed by atoms with Crippen LogP contribution in [0.3, 0.4) is 0 Å². The Balaban J connectivity index is 1.41. The van der Waals surface area contributed by atoms with Crippen LogP contribution in [0.1, 0.15) is 12.8 Å². The Bertz CT molecular complexity index is 1320. The summed E-state index contributed by atoms with van der Waals surface area (Å²) < 4.78 is 54.0. The standard InChI is InChI=1S/C19H16F2N4O5S2/c20-12-1-4-17(14(21)9-12)32(29,30)24-7-5-11(6-8-24)18(26)23-19-22-15-3-2-13(25(27)28)10-16(15)31-19/h1-4,9-11H,5-8H2,(H,22,23,26). The number of carbonyl (C=O) groups is 1. The molecule has 4 rings (SSSR count). The molecule has 1 aromatic heterocycles. The summed E-state index contributed by atoms with van der Waals surface area (Å²) in [6.07, 6.45) is 0.425. The molecule has 1 fully saturated rings. The lowest BCUT2D eigenvalue weighted by atomic mass is 9.97. The normalized spacial score (nSPS) is 15.7. The van der Waals surface area contributed by atoms with Crippen molar-refractivity contribution in [3.8, 4) is 0 Å². The number of thiazole rings is 1. The first-order chi connectivity index (χ1) is 15.1. The van der Waals surface area contributed by atoms with Crippen molar-refractivity contribution in [2.45, 2.75) is 17.7 Å². The van der Waals surface area contributed by atoms with Crippen molar-refractivity contribution < 1.29 is 26.9 Å². The number of anilines is 1. The van der Waals surface area contributed by atoms with E-state index in [-0.39, 0.29) is 42.7 Å². The van der Waals surface area contributed by atoms with E-state index in [9.17, 15) is 32.1 Å². The van der Waals surface area contributed by atoms with Crippen LogP contribution in [-0.2, 0) is 14.8 Å². The summed E-state index contributed by atoms with van der Waals surface area (Å²) >= 11 is 1.10. The predicted octanol–water partition coefficient (Wildman–Crippen LogP) is 3.52. The van der Waals surface area contributed by atoms with Gasteiger partial charge in [-0.1, -0.05) is 11.3 Å². The smallest absolute Gasteiger partial charge is 0.270 e. The molecular weight excluding hydrogens is 466 g/mol. The Morgan fingerprint density at radius 2 is 1.91 bits per heavy atom. The number of hydrogen-bond acceptors (Lipinski definition) is 7. The number of nitro groups is 1. The monoisotopic (exact) mass is 482 g/mol. The fourth-order valence-electron chi connectivity index (χ4n) is 3.47. The van der Waals surface area contributed by atoms with Crippen LogP contribution in [0.25, 0.3) is 10.2 Å². The number of hydrogen-bond donors (Lipinski definition) is 1. The molecule has 0 spiro atoms. The van der Waals surface area contributed by atoms with Crippen LogP contribution in [-0.4, -0.2) is 41.6 Å². The first-order valence-electron chi connectivity index (χ1n) is 9.46. The van der Waals surface area contributed by atoms with Gasteiger partial charge in [0.2, 0.25) is 15.9 Å². The number of halogens is 2. The zero-order valence-electron chi connectivity index (χ0n) is 16.3. The molecule has 13 heteroatoms. The third-order valence-corrected chi connectivity index (χ3v) is 8.01. The highest BCUT2D eigenvalue weighted by Crippen LogP contribution is 2.31. The summed E-state index contributed by atoms with van der Waals surface area (Å²) in [5.41, 5.74) is 0.434. The minimum atomic E-state index is -4.15. The molecule has 2 heterocycles. The molecular formula is C19H16F2N4O5S2. The fraction of sp³-hybridized carbons (Fsp3) is 0.263. The zero-order valence-corrected chi connectivity index (χ0v) is 18.0. The first kappa shape index (κ1) is 22.2. The molecule has 1 amide bonds. The molecule has 1 aliphatic heterocycles. The van der Waals surface area contributed by atoms with Crippen molar-refractivity contribution in [2.24, 2.45) is 5.92 Å². The number of non-ortho nitro benzene ring substituents is 1. The molecule has 0 atom stereocenters. The molecule has 0 saturated carbocycles. The van der Waals surface area contributed by atoms with Crippen LogP contribution in [0.2, 0.25) is 0 Å². The van der Waals surface area contributed by atoms with Crippen molar-refractivity contribution in [3.05, 3.63) is 58.1 Å². The second kappa shape index (κ2) is 8.48. The van der Waals surface area contributed by atoms with E-state index < -0.39 is 37.4 Å². The van der Waals surface area contributed by atoms with Gasteiger partial charge in [0, 0.05) is 37.2 Å². The van der Waals surface area contributed by atoms with Gasteiger partial charge in [-0.05, 0) is 31.0 Å². The molecule has 0 unspecified atom stereocenters. The van der Waals surface area contributed by atoms with Gasteiger partial charge in [-0.2, -0.15) is 4.31 Å². The van der Waals surface area contributed by atoms with E-state index in [1.165, 1.54) is 18.2 Å². The van der Waals surface area contributed by atoms with E-state index in [4.69, 9.17) is 0 Å². The summed E-state index contributed by atoms with van der Waals surface area (Å²) in [6, 6.07) is 6.48. The van der Waals surface area contributed by atoms with Gasteiger partial charge in [-0.3, -0.25) is 14.9 Å². The van der Waals surface area contributed by atoms with Crippen LogP contribution in [0.4, 0.5) is 19.6 Å². The van der Waals surface area contributed by atoms with E-state index >= 15 is 0 Å². The molecule has 0 bridgehead atoms. The number of aromatic nitrogens is 1. The predicted molar refractivity (Wildman–Crippen MR) is 113 cm³/mol. The number of nitrogens with zero attached hydrogens (tertiary/aromatic N) is 3. The maximum absolute atomic E-state index is 14.0. The SMILES string of the molecule is O=C(Nc1nc2ccc([N+](=O)[O-])cc2s1)C1CCN(S(=O)(=O)c2ccc(F)cc2F)CC1. The van der Waals surface area contributed by atoms with Gasteiger partial charge in [-0.15, -0.1) is 0 Å². The van der Waals surface area contributed by atoms with Crippen molar-refractivity contribution in [1.29, 1.82) is 0 Å². The topological polar surface area (TPSA) is 123 Å². The summed E-state index contributed by atoms with van der Waals surface area (Å²) in [5, 5.41) is 13.9. The Morgan fingerprint density at radius 1 is 1.19 bits per heavy atom. The third-order valence-electron chi connectivity index (χ3n) is 5.15. The summed E-state index contributed by atoms with van der Waals surface area (Å²) in [7, 11) is -4.15. The molecule has 0 radical (unpaired) electrons. The lowest BCUT2D eigenvalue weighted by Crippen LogP contribution is -2.41. The number of sulfonamides is 1. The maximum atomic E-state index is 14.0. The Morgan fingerprint density at radius 3 is 2.56 bits per heavy atom. The molecule has 1 aliphatic rings. The van der Waals surface area contributed by atoms with Gasteiger partial charge in [0.1, 0.15) is 16.5 Å². The molecule has 2 aromatic carbocycles. The minimum Gasteiger partial charge on any atom is -0.302 e. The zero-order chi connectivity index (χ0) is 23.0. The summed E-state index contributed by atoms with van der Waals surface area (Å²) in [6.45, 7) is 0.00650. The average Bonchev–Trinajstić information content (AvgIpc) is 3.14. The molecule has 168 valence electrons. The van der Waals surface area contributed by atoms with Crippen LogP contribution in [0.15, 0.2) is 41.3 Å². The van der Waals surface area contributed by atoms with E-state index in [0.29, 0.717) is 16.3 Å². The van der Waals surface area contributed by atoms with Crippen LogP contribution in [0, 0.1) is 27.7 Å². The van der Waals surface area contributed by atoms with E-state index in [1.54, 1.807) is 0 Å². The quantitative estimate of drug-likeness (QED) is 0.439. The van der Waals surface area contributed by atoms with Crippen molar-refractivity contribution in [3.63, 3.8) is 0 Å². The summed E-state index contributed by atoms with van der Waals surface area (Å²) in [4.78, 5) is 26.6. The lowest BCUT2D eigenvalue weighted by molar-refractivity contribution is -0.384. The van der Waals surface area contributed by atoms with Gasteiger partial charge >= 0.3 is 0 Å². The van der Waals surface area contributed by atoms with E-state index in [2.05, 4.69) is 10.3 Å². The highest BCUT2D eigenvalue weighted by Gasteiger charge is 2.34. The van der Waals surface area contributed by atoms with E-state index in [1.807, 2.05) is 0 Å². The van der Waals surface area contributed by atoms with Crippen LogP contribution in [0.5, 0.6) is 0 Å². The second-order valence-electron chi connectivity index (χ2n) is 7.17. The summed E-state index contributed by atoms with van der Waals surface area (Å²) in [5.74, 6) is -2.87. The molecule has 1 N–H and O–H groups in total. The number of rotatable bonds is 5. The van der Waals surface area contributed by atoms with Crippen molar-refractivity contribution >= 4 is 48.3 Å². The van der Waals surface area contributed by atoms with Gasteiger partial charge < -0.3 is 5.32 Å². The van der Waals surface area contributed by atoms with E-state index in [0.717, 1.165) is 27.8 Å². The highest BCUT2D eigenvalue weighted by atomic mass is 32.2. The second-order valence-corrected chi connectivity index (χ2v) is 10.1. The van der Waals surface area contributed by atoms with Crippen LogP contribution < -0.4 is 5.32 Å². The Hall–Kier alpha value is -3.03. The largest absolute Gasteiger partial charge is 0.302 e. The number of amides is 1. The molecule has 32 heavy (non-hydrogen) atoms. The highest BCUT2D eigenvalue weighted by molar-refractivity contribution is 7.89. The minimum absolute atomic E-state index is 0.00325.